The SMILES string of the molecule is Cc1cc(N2C(=S)NC(c3ccccn3)C2c2cc(C)n(-c3ccccc3)c2C)ccc1NC(=O)C(C)C. The third-order valence-corrected chi connectivity index (χ3v) is 7.49. The Labute approximate surface area is 229 Å². The number of carbonyl (C=O) groups is 1. The lowest BCUT2D eigenvalue weighted by atomic mass is 9.96. The Morgan fingerprint density at radius 3 is 2.37 bits per heavy atom. The summed E-state index contributed by atoms with van der Waals surface area (Å²) in [6.07, 6.45) is 1.82. The van der Waals surface area contributed by atoms with Crippen LogP contribution in [0.4, 0.5) is 11.4 Å². The van der Waals surface area contributed by atoms with E-state index in [1.54, 1.807) is 0 Å². The van der Waals surface area contributed by atoms with E-state index in [-0.39, 0.29) is 23.9 Å². The Morgan fingerprint density at radius 1 is 0.974 bits per heavy atom. The number of thiocarbonyl (C=S) groups is 1. The molecule has 1 amide bonds. The zero-order valence-corrected chi connectivity index (χ0v) is 23.2. The molecule has 2 N–H and O–H groups in total. The lowest BCUT2D eigenvalue weighted by molar-refractivity contribution is -0.118. The van der Waals surface area contributed by atoms with E-state index in [1.807, 2.05) is 63.4 Å². The van der Waals surface area contributed by atoms with Crippen LogP contribution in [-0.4, -0.2) is 20.6 Å². The Hall–Kier alpha value is -3.97. The maximum Gasteiger partial charge on any atom is 0.226 e. The third kappa shape index (κ3) is 4.70. The van der Waals surface area contributed by atoms with E-state index in [4.69, 9.17) is 17.2 Å². The number of para-hydroxylation sites is 1. The molecule has 2 aromatic carbocycles. The minimum Gasteiger partial charge on any atom is -0.351 e. The first-order chi connectivity index (χ1) is 18.3. The molecule has 38 heavy (non-hydrogen) atoms. The van der Waals surface area contributed by atoms with Crippen molar-refractivity contribution in [2.45, 2.75) is 46.7 Å². The first-order valence-corrected chi connectivity index (χ1v) is 13.3. The van der Waals surface area contributed by atoms with Crippen LogP contribution >= 0.6 is 12.2 Å². The molecule has 0 bridgehead atoms. The third-order valence-electron chi connectivity index (χ3n) is 7.17. The van der Waals surface area contributed by atoms with Gasteiger partial charge in [0.05, 0.1) is 17.8 Å². The molecule has 0 radical (unpaired) electrons. The standard InChI is InChI=1S/C31H33N5OS/c1-19(2)30(37)33-26-15-14-24(17-20(26)3)36-29(28(34-31(36)38)27-13-9-10-16-32-27)25-18-21(4)35(22(25)5)23-11-7-6-8-12-23/h6-19,28-29H,1-5H3,(H,33,37)(H,34,38). The van der Waals surface area contributed by atoms with E-state index in [2.05, 4.69) is 70.3 Å². The van der Waals surface area contributed by atoms with E-state index in [9.17, 15) is 4.79 Å². The zero-order chi connectivity index (χ0) is 27.0. The summed E-state index contributed by atoms with van der Waals surface area (Å²) in [7, 11) is 0. The first kappa shape index (κ1) is 25.7. The highest BCUT2D eigenvalue weighted by molar-refractivity contribution is 7.80. The highest BCUT2D eigenvalue weighted by atomic mass is 32.1. The summed E-state index contributed by atoms with van der Waals surface area (Å²) >= 11 is 5.94. The molecule has 6 nitrogen and oxygen atoms in total. The molecule has 1 aliphatic heterocycles. The number of nitrogens with zero attached hydrogens (tertiary/aromatic N) is 3. The monoisotopic (exact) mass is 523 g/mol. The van der Waals surface area contributed by atoms with Crippen LogP contribution in [0, 0.1) is 26.7 Å². The number of carbonyl (C=O) groups excluding carboxylic acids is 1. The van der Waals surface area contributed by atoms with Crippen LogP contribution in [0.1, 0.15) is 54.1 Å². The van der Waals surface area contributed by atoms with Crippen molar-refractivity contribution in [3.63, 3.8) is 0 Å². The van der Waals surface area contributed by atoms with E-state index < -0.39 is 0 Å². The van der Waals surface area contributed by atoms with Crippen molar-refractivity contribution < 1.29 is 4.79 Å². The molecule has 5 rings (SSSR count). The minimum absolute atomic E-state index is 0.000606. The van der Waals surface area contributed by atoms with E-state index >= 15 is 0 Å². The summed E-state index contributed by atoms with van der Waals surface area (Å²) in [5.41, 5.74) is 8.32. The Kier molecular flexibility index (Phi) is 7.04. The van der Waals surface area contributed by atoms with Gasteiger partial charge in [0.25, 0.3) is 0 Å². The second kappa shape index (κ2) is 10.4. The molecule has 1 saturated heterocycles. The number of amides is 1. The van der Waals surface area contributed by atoms with Gasteiger partial charge in [0.1, 0.15) is 0 Å². The topological polar surface area (TPSA) is 62.2 Å². The number of nitrogens with one attached hydrogen (secondary N) is 2. The number of benzene rings is 2. The lowest BCUT2D eigenvalue weighted by Gasteiger charge is -2.29. The van der Waals surface area contributed by atoms with Gasteiger partial charge in [-0.1, -0.05) is 38.1 Å². The van der Waals surface area contributed by atoms with Gasteiger partial charge >= 0.3 is 0 Å². The molecule has 0 spiro atoms. The van der Waals surface area contributed by atoms with Crippen molar-refractivity contribution in [1.82, 2.24) is 14.9 Å². The molecule has 2 atom stereocenters. The smallest absolute Gasteiger partial charge is 0.226 e. The van der Waals surface area contributed by atoms with Gasteiger partial charge in [0.2, 0.25) is 5.91 Å². The van der Waals surface area contributed by atoms with Crippen molar-refractivity contribution in [1.29, 1.82) is 0 Å². The van der Waals surface area contributed by atoms with Crippen molar-refractivity contribution >= 4 is 34.6 Å². The number of hydrogen-bond donors (Lipinski definition) is 2. The van der Waals surface area contributed by atoms with Crippen molar-refractivity contribution in [3.8, 4) is 5.69 Å². The maximum absolute atomic E-state index is 12.3. The number of anilines is 2. The number of rotatable bonds is 6. The van der Waals surface area contributed by atoms with Crippen LogP contribution in [0.5, 0.6) is 0 Å². The average Bonchev–Trinajstić information content (AvgIpc) is 3.41. The highest BCUT2D eigenvalue weighted by Crippen LogP contribution is 2.44. The van der Waals surface area contributed by atoms with Gasteiger partial charge in [-0.3, -0.25) is 9.78 Å². The summed E-state index contributed by atoms with van der Waals surface area (Å²) in [5.74, 6) is -0.0894. The number of pyridine rings is 1. The van der Waals surface area contributed by atoms with Gasteiger partial charge < -0.3 is 20.1 Å². The van der Waals surface area contributed by atoms with Gasteiger partial charge in [-0.2, -0.15) is 0 Å². The first-order valence-electron chi connectivity index (χ1n) is 12.9. The zero-order valence-electron chi connectivity index (χ0n) is 22.4. The molecule has 0 saturated carbocycles. The lowest BCUT2D eigenvalue weighted by Crippen LogP contribution is -2.29. The summed E-state index contributed by atoms with van der Waals surface area (Å²) in [6.45, 7) is 10.1. The van der Waals surface area contributed by atoms with Crippen LogP contribution in [0.15, 0.2) is 79.0 Å². The Balaban J connectivity index is 1.61. The predicted octanol–water partition coefficient (Wildman–Crippen LogP) is 6.57. The molecule has 0 aliphatic carbocycles. The summed E-state index contributed by atoms with van der Waals surface area (Å²) in [5, 5.41) is 7.24. The van der Waals surface area contributed by atoms with Crippen LogP contribution < -0.4 is 15.5 Å². The van der Waals surface area contributed by atoms with Crippen LogP contribution in [0.25, 0.3) is 5.69 Å². The molecule has 7 heteroatoms. The fraction of sp³-hybridized carbons (Fsp3) is 0.258. The molecule has 3 heterocycles. The largest absolute Gasteiger partial charge is 0.351 e. The van der Waals surface area contributed by atoms with E-state index in [0.29, 0.717) is 5.11 Å². The molecule has 194 valence electrons. The second-order valence-corrected chi connectivity index (χ2v) is 10.5. The molecule has 4 aromatic rings. The van der Waals surface area contributed by atoms with Crippen LogP contribution in [0.3, 0.4) is 0 Å². The van der Waals surface area contributed by atoms with Gasteiger partial charge in [-0.05, 0) is 92.6 Å². The van der Waals surface area contributed by atoms with Gasteiger partial charge in [-0.15, -0.1) is 0 Å². The van der Waals surface area contributed by atoms with E-state index in [1.165, 1.54) is 5.56 Å². The normalized spacial score (nSPS) is 17.1. The van der Waals surface area contributed by atoms with Crippen LogP contribution in [-0.2, 0) is 4.79 Å². The molecule has 1 aliphatic rings. The van der Waals surface area contributed by atoms with Gasteiger partial charge in [-0.25, -0.2) is 0 Å². The molecule has 1 fully saturated rings. The Morgan fingerprint density at radius 2 is 1.71 bits per heavy atom. The molecular formula is C31H33N5OS. The quantitative estimate of drug-likeness (QED) is 0.280. The number of hydrogen-bond acceptors (Lipinski definition) is 3. The summed E-state index contributed by atoms with van der Waals surface area (Å²) < 4.78 is 2.29. The molecule has 2 aromatic heterocycles. The highest BCUT2D eigenvalue weighted by Gasteiger charge is 2.42. The number of aromatic nitrogens is 2. The maximum atomic E-state index is 12.3. The fourth-order valence-corrected chi connectivity index (χ4v) is 5.57. The predicted molar refractivity (Wildman–Crippen MR) is 158 cm³/mol. The number of aryl methyl sites for hydroxylation is 2. The molecule has 2 unspecified atom stereocenters. The van der Waals surface area contributed by atoms with Gasteiger partial charge in [0.15, 0.2) is 5.11 Å². The van der Waals surface area contributed by atoms with Crippen molar-refractivity contribution in [2.75, 3.05) is 10.2 Å². The average molecular weight is 524 g/mol. The minimum atomic E-state index is -0.131. The van der Waals surface area contributed by atoms with E-state index in [0.717, 1.165) is 39.7 Å². The molecular weight excluding hydrogens is 490 g/mol. The summed E-state index contributed by atoms with van der Waals surface area (Å²) in [4.78, 5) is 19.2. The summed E-state index contributed by atoms with van der Waals surface area (Å²) in [6, 6.07) is 24.5. The fourth-order valence-electron chi connectivity index (χ4n) is 5.23. The second-order valence-electron chi connectivity index (χ2n) is 10.1. The van der Waals surface area contributed by atoms with Crippen molar-refractivity contribution in [2.24, 2.45) is 5.92 Å². The van der Waals surface area contributed by atoms with Crippen molar-refractivity contribution in [3.05, 3.63) is 107 Å². The van der Waals surface area contributed by atoms with Crippen LogP contribution in [0.2, 0.25) is 0 Å². The Bertz CT molecular complexity index is 1480. The van der Waals surface area contributed by atoms with Gasteiger partial charge in [0, 0.05) is 40.6 Å².